The van der Waals surface area contributed by atoms with Crippen LogP contribution in [-0.4, -0.2) is 35.2 Å². The molecule has 0 spiro atoms. The van der Waals surface area contributed by atoms with Crippen LogP contribution in [0, 0.1) is 24.7 Å². The van der Waals surface area contributed by atoms with E-state index in [9.17, 15) is 24.0 Å². The summed E-state index contributed by atoms with van der Waals surface area (Å²) < 4.78 is 5.49. The van der Waals surface area contributed by atoms with Gasteiger partial charge in [0.1, 0.15) is 5.60 Å². The van der Waals surface area contributed by atoms with Crippen molar-refractivity contribution in [2.75, 3.05) is 9.80 Å². The molecule has 0 bridgehead atoms. The lowest BCUT2D eigenvalue weighted by molar-refractivity contribution is 0.00688. The third-order valence-electron chi connectivity index (χ3n) is 6.16. The average molecular weight is 517 g/mol. The lowest BCUT2D eigenvalue weighted by Crippen LogP contribution is -2.32. The minimum absolute atomic E-state index is 0.0253. The van der Waals surface area contributed by atoms with E-state index >= 15 is 0 Å². The van der Waals surface area contributed by atoms with Crippen molar-refractivity contribution in [1.29, 1.82) is 0 Å². The van der Waals surface area contributed by atoms with Crippen molar-refractivity contribution in [1.82, 2.24) is 0 Å². The average Bonchev–Trinajstić information content (AvgIpc) is 3.30. The second-order valence-electron chi connectivity index (χ2n) is 9.94. The highest BCUT2D eigenvalue weighted by Gasteiger charge is 2.40. The first-order valence-electron chi connectivity index (χ1n) is 11.8. The number of hydrogen-bond acceptors (Lipinski definition) is 6. The van der Waals surface area contributed by atoms with Crippen molar-refractivity contribution < 1.29 is 28.7 Å². The number of anilines is 2. The molecule has 190 valence electrons. The topological polar surface area (TPSA) is 101 Å². The number of imide groups is 2. The lowest BCUT2D eigenvalue weighted by atomic mass is 10.1. The van der Waals surface area contributed by atoms with Gasteiger partial charge in [-0.05, 0) is 75.4 Å². The minimum Gasteiger partial charge on any atom is -0.456 e. The number of benzene rings is 3. The van der Waals surface area contributed by atoms with Crippen molar-refractivity contribution in [2.24, 2.45) is 0 Å². The van der Waals surface area contributed by atoms with Crippen molar-refractivity contribution in [2.45, 2.75) is 26.4 Å². The Morgan fingerprint density at radius 3 is 1.46 bits per heavy atom. The summed E-state index contributed by atoms with van der Waals surface area (Å²) in [5, 5.41) is 0. The number of terminal acetylenes is 2. The van der Waals surface area contributed by atoms with E-state index in [1.807, 2.05) is 0 Å². The summed E-state index contributed by atoms with van der Waals surface area (Å²) in [5.41, 5.74) is 0.301. The first kappa shape index (κ1) is 25.2. The molecular formula is C31H20N2O6. The third kappa shape index (κ3) is 4.14. The van der Waals surface area contributed by atoms with Gasteiger partial charge in [-0.15, -0.1) is 12.8 Å². The smallest absolute Gasteiger partial charge is 0.338 e. The van der Waals surface area contributed by atoms with Gasteiger partial charge in [0, 0.05) is 11.1 Å². The van der Waals surface area contributed by atoms with Gasteiger partial charge in [0.2, 0.25) is 0 Å². The third-order valence-corrected chi connectivity index (χ3v) is 6.16. The molecule has 5 rings (SSSR count). The zero-order valence-electron chi connectivity index (χ0n) is 21.2. The second-order valence-corrected chi connectivity index (χ2v) is 9.94. The normalized spacial score (nSPS) is 14.2. The van der Waals surface area contributed by atoms with Crippen LogP contribution in [0.25, 0.3) is 0 Å². The molecule has 0 atom stereocenters. The molecule has 0 saturated heterocycles. The molecule has 0 saturated carbocycles. The Bertz CT molecular complexity index is 1630. The molecule has 4 amide bonds. The highest BCUT2D eigenvalue weighted by atomic mass is 16.6. The van der Waals surface area contributed by atoms with Crippen LogP contribution in [-0.2, 0) is 4.74 Å². The highest BCUT2D eigenvalue weighted by Crippen LogP contribution is 2.36. The Kier molecular flexibility index (Phi) is 5.70. The maximum atomic E-state index is 13.4. The van der Waals surface area contributed by atoms with E-state index < -0.39 is 35.2 Å². The predicted octanol–water partition coefficient (Wildman–Crippen LogP) is 4.21. The summed E-state index contributed by atoms with van der Waals surface area (Å²) in [7, 11) is 0. The quantitative estimate of drug-likeness (QED) is 0.294. The molecule has 2 heterocycles. The first-order chi connectivity index (χ1) is 18.4. The fraction of sp³-hybridized carbons (Fsp3) is 0.129. The van der Waals surface area contributed by atoms with Crippen LogP contribution >= 0.6 is 0 Å². The number of ether oxygens (including phenoxy) is 1. The Balaban J connectivity index is 1.65. The molecule has 0 aromatic heterocycles. The van der Waals surface area contributed by atoms with E-state index in [4.69, 9.17) is 17.6 Å². The van der Waals surface area contributed by atoms with Gasteiger partial charge >= 0.3 is 5.97 Å². The SMILES string of the molecule is C#Cc1ccc2c(c1)C(=O)N(c1cc(C(=O)OC(C)(C)C)cc(N3C(=O)c4ccc(C#C)cc4C3=O)c1)C2=O. The zero-order chi connectivity index (χ0) is 28.2. The van der Waals surface area contributed by atoms with Gasteiger partial charge in [-0.25, -0.2) is 14.6 Å². The molecule has 2 aliphatic heterocycles. The van der Waals surface area contributed by atoms with Crippen LogP contribution in [0.3, 0.4) is 0 Å². The number of fused-ring (bicyclic) bond motifs is 2. The second kappa shape index (κ2) is 8.83. The predicted molar refractivity (Wildman–Crippen MR) is 143 cm³/mol. The molecule has 39 heavy (non-hydrogen) atoms. The molecule has 0 fully saturated rings. The van der Waals surface area contributed by atoms with E-state index in [0.29, 0.717) is 11.1 Å². The van der Waals surface area contributed by atoms with Crippen LogP contribution in [0.15, 0.2) is 54.6 Å². The Labute approximate surface area is 224 Å². The number of carbonyl (C=O) groups is 5. The Hall–Kier alpha value is -5.47. The largest absolute Gasteiger partial charge is 0.456 e. The number of nitrogens with zero attached hydrogens (tertiary/aromatic N) is 2. The monoisotopic (exact) mass is 516 g/mol. The first-order valence-corrected chi connectivity index (χ1v) is 11.8. The number of hydrogen-bond donors (Lipinski definition) is 0. The molecular weight excluding hydrogens is 496 g/mol. The Morgan fingerprint density at radius 2 is 1.08 bits per heavy atom. The summed E-state index contributed by atoms with van der Waals surface area (Å²) in [4.78, 5) is 68.1. The fourth-order valence-electron chi connectivity index (χ4n) is 4.44. The summed E-state index contributed by atoms with van der Waals surface area (Å²) in [6, 6.07) is 12.8. The van der Waals surface area contributed by atoms with Gasteiger partial charge in [0.25, 0.3) is 23.6 Å². The van der Waals surface area contributed by atoms with Gasteiger partial charge in [0.05, 0.1) is 39.2 Å². The van der Waals surface area contributed by atoms with E-state index in [1.54, 1.807) is 32.9 Å². The van der Waals surface area contributed by atoms with E-state index in [2.05, 4.69) is 11.8 Å². The molecule has 0 aliphatic carbocycles. The maximum Gasteiger partial charge on any atom is 0.338 e. The van der Waals surface area contributed by atoms with E-state index in [0.717, 1.165) is 9.80 Å². The molecule has 2 aliphatic rings. The molecule has 3 aromatic carbocycles. The number of esters is 1. The van der Waals surface area contributed by atoms with Crippen LogP contribution in [0.1, 0.15) is 83.7 Å². The number of carbonyl (C=O) groups excluding carboxylic acids is 5. The van der Waals surface area contributed by atoms with Crippen molar-refractivity contribution >= 4 is 41.0 Å². The molecule has 3 aromatic rings. The van der Waals surface area contributed by atoms with Gasteiger partial charge in [-0.1, -0.05) is 11.8 Å². The van der Waals surface area contributed by atoms with Crippen molar-refractivity contribution in [3.8, 4) is 24.7 Å². The summed E-state index contributed by atoms with van der Waals surface area (Å²) in [5.74, 6) is 1.46. The number of amides is 4. The standard InChI is InChI=1S/C31H20N2O6/c1-6-17-8-10-22-24(12-17)28(36)32(26(22)34)20-14-19(30(38)39-31(3,4)5)15-21(16-20)33-27(35)23-11-9-18(7-2)13-25(23)29(33)37/h1-2,8-16H,3-5H3. The van der Waals surface area contributed by atoms with E-state index in [-0.39, 0.29) is 39.2 Å². The van der Waals surface area contributed by atoms with Crippen molar-refractivity contribution in [3.63, 3.8) is 0 Å². The fourth-order valence-corrected chi connectivity index (χ4v) is 4.44. The van der Waals surface area contributed by atoms with Crippen LogP contribution < -0.4 is 9.80 Å². The van der Waals surface area contributed by atoms with Crippen LogP contribution in [0.5, 0.6) is 0 Å². The minimum atomic E-state index is -0.866. The highest BCUT2D eigenvalue weighted by molar-refractivity contribution is 6.36. The Morgan fingerprint density at radius 1 is 0.667 bits per heavy atom. The van der Waals surface area contributed by atoms with Gasteiger partial charge in [-0.3, -0.25) is 19.2 Å². The van der Waals surface area contributed by atoms with Crippen LogP contribution in [0.2, 0.25) is 0 Å². The van der Waals surface area contributed by atoms with E-state index in [1.165, 1.54) is 42.5 Å². The summed E-state index contributed by atoms with van der Waals surface area (Å²) in [6.07, 6.45) is 10.9. The van der Waals surface area contributed by atoms with Crippen LogP contribution in [0.4, 0.5) is 11.4 Å². The summed E-state index contributed by atoms with van der Waals surface area (Å²) in [6.45, 7) is 5.03. The zero-order valence-corrected chi connectivity index (χ0v) is 21.2. The molecule has 0 radical (unpaired) electrons. The maximum absolute atomic E-state index is 13.4. The summed E-state index contributed by atoms with van der Waals surface area (Å²) >= 11 is 0. The molecule has 8 heteroatoms. The van der Waals surface area contributed by atoms with Gasteiger partial charge < -0.3 is 4.74 Å². The van der Waals surface area contributed by atoms with Gasteiger partial charge in [0.15, 0.2) is 0 Å². The van der Waals surface area contributed by atoms with Crippen molar-refractivity contribution in [3.05, 3.63) is 93.5 Å². The van der Waals surface area contributed by atoms with Gasteiger partial charge in [-0.2, -0.15) is 0 Å². The molecule has 0 N–H and O–H groups in total. The lowest BCUT2D eigenvalue weighted by Gasteiger charge is -2.23. The molecule has 8 nitrogen and oxygen atoms in total. The number of rotatable bonds is 3. The molecule has 0 unspecified atom stereocenters.